The van der Waals surface area contributed by atoms with Gasteiger partial charge >= 0.3 is 0 Å². The van der Waals surface area contributed by atoms with Crippen molar-refractivity contribution in [1.29, 1.82) is 0 Å². The summed E-state index contributed by atoms with van der Waals surface area (Å²) >= 11 is 0. The maximum atomic E-state index is 13.3. The van der Waals surface area contributed by atoms with Gasteiger partial charge in [-0.1, -0.05) is 23.4 Å². The Hall–Kier alpha value is -3.78. The molecule has 0 bridgehead atoms. The summed E-state index contributed by atoms with van der Waals surface area (Å²) in [7, 11) is 2.07. The fourth-order valence-corrected chi connectivity index (χ4v) is 3.76. The van der Waals surface area contributed by atoms with Gasteiger partial charge in [0.25, 0.3) is 5.91 Å². The molecular weight excluding hydrogens is 406 g/mol. The van der Waals surface area contributed by atoms with Gasteiger partial charge in [-0.25, -0.2) is 4.99 Å². The molecule has 32 heavy (non-hydrogen) atoms. The highest BCUT2D eigenvalue weighted by Gasteiger charge is 2.27. The third-order valence-corrected chi connectivity index (χ3v) is 5.59. The zero-order chi connectivity index (χ0) is 21.9. The van der Waals surface area contributed by atoms with Crippen LogP contribution in [-0.2, 0) is 4.79 Å². The van der Waals surface area contributed by atoms with Crippen LogP contribution < -0.4 is 4.74 Å². The molecule has 0 saturated carbocycles. The van der Waals surface area contributed by atoms with Gasteiger partial charge in [-0.3, -0.25) is 9.79 Å². The average molecular weight is 429 g/mol. The Balaban J connectivity index is 1.38. The summed E-state index contributed by atoms with van der Waals surface area (Å²) in [6, 6.07) is 16.9. The number of rotatable bonds is 3. The van der Waals surface area contributed by atoms with Crippen molar-refractivity contribution in [2.45, 2.75) is 0 Å². The smallest absolute Gasteiger partial charge is 0.272 e. The summed E-state index contributed by atoms with van der Waals surface area (Å²) in [4.78, 5) is 26.6. The van der Waals surface area contributed by atoms with Crippen molar-refractivity contribution >= 4 is 23.2 Å². The number of fused-ring (bicyclic) bond motifs is 1. The summed E-state index contributed by atoms with van der Waals surface area (Å²) < 4.78 is 10.9. The summed E-state index contributed by atoms with van der Waals surface area (Å²) in [5.41, 5.74) is 3.54. The summed E-state index contributed by atoms with van der Waals surface area (Å²) in [5, 5.41) is 3.94. The molecule has 2 aliphatic rings. The fraction of sp³-hybridized carbons (Fsp3) is 0.250. The van der Waals surface area contributed by atoms with Crippen LogP contribution in [0.5, 0.6) is 5.75 Å². The maximum absolute atomic E-state index is 13.3. The highest BCUT2D eigenvalue weighted by Crippen LogP contribution is 2.25. The topological polar surface area (TPSA) is 83.5 Å². The molecule has 0 aliphatic carbocycles. The summed E-state index contributed by atoms with van der Waals surface area (Å²) in [6.45, 7) is 3.29. The lowest BCUT2D eigenvalue weighted by Gasteiger charge is -2.32. The fourth-order valence-electron chi connectivity index (χ4n) is 3.76. The first-order chi connectivity index (χ1) is 15.7. The van der Waals surface area contributed by atoms with Crippen molar-refractivity contribution in [3.8, 4) is 17.0 Å². The number of benzene rings is 2. The second-order valence-electron chi connectivity index (χ2n) is 7.79. The van der Waals surface area contributed by atoms with Gasteiger partial charge in [0.05, 0.1) is 5.69 Å². The van der Waals surface area contributed by atoms with Crippen molar-refractivity contribution in [2.75, 3.05) is 39.8 Å². The van der Waals surface area contributed by atoms with E-state index < -0.39 is 0 Å². The Bertz CT molecular complexity index is 1160. The van der Waals surface area contributed by atoms with E-state index in [-0.39, 0.29) is 12.5 Å². The molecule has 3 heterocycles. The number of piperazine rings is 1. The Labute approximate surface area is 185 Å². The predicted octanol–water partition coefficient (Wildman–Crippen LogP) is 3.03. The van der Waals surface area contributed by atoms with Gasteiger partial charge in [-0.15, -0.1) is 0 Å². The Morgan fingerprint density at radius 3 is 2.53 bits per heavy atom. The number of carbonyl (C=O) groups is 1. The van der Waals surface area contributed by atoms with Crippen molar-refractivity contribution in [2.24, 2.45) is 9.98 Å². The molecule has 1 amide bonds. The number of likely N-dealkylation sites (N-methyl/N-ethyl adjacent to an activating group) is 1. The van der Waals surface area contributed by atoms with E-state index in [4.69, 9.17) is 9.26 Å². The van der Waals surface area contributed by atoms with Crippen LogP contribution in [0.15, 0.2) is 75.4 Å². The van der Waals surface area contributed by atoms with Crippen molar-refractivity contribution in [1.82, 2.24) is 15.0 Å². The van der Waals surface area contributed by atoms with Gasteiger partial charge < -0.3 is 19.1 Å². The second-order valence-corrected chi connectivity index (χ2v) is 7.79. The second kappa shape index (κ2) is 8.76. The van der Waals surface area contributed by atoms with Crippen LogP contribution in [0.3, 0.4) is 0 Å². The molecule has 0 N–H and O–H groups in total. The molecule has 162 valence electrons. The van der Waals surface area contributed by atoms with E-state index in [1.807, 2.05) is 53.4 Å². The molecule has 3 aromatic rings. The largest absolute Gasteiger partial charge is 0.441 e. The lowest BCUT2D eigenvalue weighted by molar-refractivity contribution is -0.125. The average Bonchev–Trinajstić information content (AvgIpc) is 3.29. The van der Waals surface area contributed by atoms with E-state index >= 15 is 0 Å². The molecule has 5 rings (SSSR count). The zero-order valence-electron chi connectivity index (χ0n) is 17.8. The molecule has 0 atom stereocenters. The molecule has 0 radical (unpaired) electrons. The van der Waals surface area contributed by atoms with E-state index in [2.05, 4.69) is 27.1 Å². The van der Waals surface area contributed by atoms with Crippen LogP contribution in [0.25, 0.3) is 11.3 Å². The lowest BCUT2D eigenvalue weighted by atomic mass is 10.1. The minimum absolute atomic E-state index is 0.0565. The summed E-state index contributed by atoms with van der Waals surface area (Å²) in [5.74, 6) is 1.02. The maximum Gasteiger partial charge on any atom is 0.272 e. The molecule has 1 saturated heterocycles. The first-order valence-corrected chi connectivity index (χ1v) is 10.6. The van der Waals surface area contributed by atoms with Crippen molar-refractivity contribution < 1.29 is 14.1 Å². The van der Waals surface area contributed by atoms with E-state index in [1.165, 1.54) is 6.26 Å². The quantitative estimate of drug-likeness (QED) is 0.639. The Morgan fingerprint density at radius 1 is 1.00 bits per heavy atom. The number of aromatic nitrogens is 1. The third-order valence-electron chi connectivity index (χ3n) is 5.59. The number of amides is 1. The molecule has 0 spiro atoms. The Kier molecular flexibility index (Phi) is 5.51. The van der Waals surface area contributed by atoms with Crippen molar-refractivity contribution in [3.63, 3.8) is 0 Å². The van der Waals surface area contributed by atoms with Crippen LogP contribution in [0.1, 0.15) is 5.56 Å². The van der Waals surface area contributed by atoms with Crippen molar-refractivity contribution in [3.05, 3.63) is 66.4 Å². The third kappa shape index (κ3) is 4.17. The molecular formula is C24H23N5O3. The lowest BCUT2D eigenvalue weighted by Crippen LogP contribution is -2.49. The number of para-hydroxylation sites is 1. The molecule has 8 nitrogen and oxygen atoms in total. The number of hydrogen-bond donors (Lipinski definition) is 0. The van der Waals surface area contributed by atoms with Gasteiger partial charge in [0.1, 0.15) is 30.0 Å². The molecule has 2 aliphatic heterocycles. The number of nitrogens with zero attached hydrogens (tertiary/aromatic N) is 5. The van der Waals surface area contributed by atoms with Crippen LogP contribution in [0, 0.1) is 0 Å². The van der Waals surface area contributed by atoms with Gasteiger partial charge in [0.2, 0.25) is 5.90 Å². The van der Waals surface area contributed by atoms with E-state index in [0.717, 1.165) is 29.9 Å². The van der Waals surface area contributed by atoms with E-state index in [0.29, 0.717) is 36.1 Å². The van der Waals surface area contributed by atoms with Gasteiger partial charge in [0, 0.05) is 43.4 Å². The number of hydrogen-bond acceptors (Lipinski definition) is 7. The standard InChI is InChI=1S/C24H23N5O3/c1-28-11-13-29(14-12-28)24(30)23-19-4-2-3-5-21(19)26-22(16-25-23)32-18-8-6-17(7-9-18)20-10-15-31-27-20/h2-10,15H,11-14,16H2,1H3. The molecule has 1 fully saturated rings. The van der Waals surface area contributed by atoms with Crippen LogP contribution in [-0.4, -0.2) is 72.2 Å². The highest BCUT2D eigenvalue weighted by atomic mass is 16.5. The van der Waals surface area contributed by atoms with Crippen LogP contribution in [0.4, 0.5) is 5.69 Å². The highest BCUT2D eigenvalue weighted by molar-refractivity contribution is 6.46. The zero-order valence-corrected chi connectivity index (χ0v) is 17.8. The molecule has 8 heteroatoms. The number of ether oxygens (including phenoxy) is 1. The van der Waals surface area contributed by atoms with E-state index in [9.17, 15) is 4.79 Å². The number of aliphatic imine (C=N–C) groups is 2. The monoisotopic (exact) mass is 429 g/mol. The molecule has 0 unspecified atom stereocenters. The SMILES string of the molecule is CN1CCN(C(=O)C2=NCC(Oc3ccc(-c4ccon4)cc3)=Nc3ccccc32)CC1. The van der Waals surface area contributed by atoms with Gasteiger partial charge in [-0.2, -0.15) is 0 Å². The molecule has 1 aromatic heterocycles. The van der Waals surface area contributed by atoms with Crippen LogP contribution in [0.2, 0.25) is 0 Å². The van der Waals surface area contributed by atoms with Gasteiger partial charge in [0.15, 0.2) is 0 Å². The predicted molar refractivity (Wildman–Crippen MR) is 122 cm³/mol. The van der Waals surface area contributed by atoms with Crippen LogP contribution >= 0.6 is 0 Å². The number of carbonyl (C=O) groups excluding carboxylic acids is 1. The normalized spacial score (nSPS) is 16.6. The first-order valence-electron chi connectivity index (χ1n) is 10.6. The minimum Gasteiger partial charge on any atom is -0.441 e. The summed E-state index contributed by atoms with van der Waals surface area (Å²) in [6.07, 6.45) is 1.54. The molecule has 2 aromatic carbocycles. The van der Waals surface area contributed by atoms with E-state index in [1.54, 1.807) is 6.07 Å². The Morgan fingerprint density at radius 2 is 1.78 bits per heavy atom. The first kappa shape index (κ1) is 20.1. The minimum atomic E-state index is -0.0565. The van der Waals surface area contributed by atoms with Gasteiger partial charge in [-0.05, 0) is 37.4 Å².